The van der Waals surface area contributed by atoms with Gasteiger partial charge in [-0.05, 0) is 62.6 Å². The van der Waals surface area contributed by atoms with Crippen molar-refractivity contribution < 1.29 is 19.4 Å². The SMILES string of the molecule is COc1c(CC(=O)c2ccc(CO)c(C#N)c2)cnc2c1c([C@@H]1CCN(C(=O)C3CCCCC3)C(C)(C)C1)cn2C. The van der Waals surface area contributed by atoms with E-state index in [1.807, 2.05) is 11.6 Å². The van der Waals surface area contributed by atoms with Gasteiger partial charge in [0.15, 0.2) is 5.78 Å². The average molecular weight is 557 g/mol. The van der Waals surface area contributed by atoms with Crippen LogP contribution in [0.3, 0.4) is 0 Å². The van der Waals surface area contributed by atoms with Crippen LogP contribution in [0.4, 0.5) is 0 Å². The van der Waals surface area contributed by atoms with E-state index in [0.717, 1.165) is 61.7 Å². The Morgan fingerprint density at radius 1 is 1.17 bits per heavy atom. The quantitative estimate of drug-likeness (QED) is 0.389. The van der Waals surface area contributed by atoms with Gasteiger partial charge in [0.05, 0.1) is 30.7 Å². The van der Waals surface area contributed by atoms with Crippen LogP contribution in [0.1, 0.15) is 97.3 Å². The van der Waals surface area contributed by atoms with Gasteiger partial charge in [0, 0.05) is 55.0 Å². The van der Waals surface area contributed by atoms with Gasteiger partial charge < -0.3 is 19.3 Å². The first kappa shape index (κ1) is 28.8. The fourth-order valence-electron chi connectivity index (χ4n) is 6.97. The zero-order valence-electron chi connectivity index (χ0n) is 24.6. The second-order valence-corrected chi connectivity index (χ2v) is 12.3. The monoisotopic (exact) mass is 556 g/mol. The highest BCUT2D eigenvalue weighted by Crippen LogP contribution is 2.44. The molecule has 1 aliphatic carbocycles. The molecule has 1 amide bonds. The Morgan fingerprint density at radius 3 is 2.59 bits per heavy atom. The lowest BCUT2D eigenvalue weighted by molar-refractivity contribution is -0.144. The summed E-state index contributed by atoms with van der Waals surface area (Å²) in [6.45, 7) is 4.83. The minimum atomic E-state index is -0.271. The molecule has 0 radical (unpaired) electrons. The van der Waals surface area contributed by atoms with Crippen LogP contribution in [0.15, 0.2) is 30.6 Å². The number of hydrogen-bond donors (Lipinski definition) is 1. The van der Waals surface area contributed by atoms with Gasteiger partial charge in [-0.1, -0.05) is 31.4 Å². The molecule has 3 heterocycles. The lowest BCUT2D eigenvalue weighted by Crippen LogP contribution is -2.54. The van der Waals surface area contributed by atoms with E-state index in [9.17, 15) is 20.0 Å². The molecular formula is C33H40N4O4. The molecule has 1 atom stereocenters. The predicted octanol–water partition coefficient (Wildman–Crippen LogP) is 5.44. The van der Waals surface area contributed by atoms with Crippen molar-refractivity contribution in [3.63, 3.8) is 0 Å². The highest BCUT2D eigenvalue weighted by Gasteiger charge is 2.41. The van der Waals surface area contributed by atoms with Gasteiger partial charge in [-0.3, -0.25) is 9.59 Å². The first-order valence-corrected chi connectivity index (χ1v) is 14.7. The molecule has 216 valence electrons. The van der Waals surface area contributed by atoms with Crippen LogP contribution in [-0.2, 0) is 24.9 Å². The van der Waals surface area contributed by atoms with Crippen LogP contribution in [0.25, 0.3) is 11.0 Å². The van der Waals surface area contributed by atoms with Gasteiger partial charge in [-0.25, -0.2) is 4.98 Å². The Labute approximate surface area is 241 Å². The topological polar surface area (TPSA) is 108 Å². The number of aliphatic hydroxyl groups excluding tert-OH is 1. The number of Topliss-reactive ketones (excluding diaryl/α,β-unsaturated/α-hetero) is 1. The maximum absolute atomic E-state index is 13.5. The van der Waals surface area contributed by atoms with Crippen molar-refractivity contribution in [1.82, 2.24) is 14.5 Å². The Hall–Kier alpha value is -3.70. The van der Waals surface area contributed by atoms with Gasteiger partial charge in [0.1, 0.15) is 11.4 Å². The molecule has 3 aromatic rings. The van der Waals surface area contributed by atoms with Gasteiger partial charge in [-0.15, -0.1) is 0 Å². The molecule has 8 nitrogen and oxygen atoms in total. The minimum absolute atomic E-state index is 0.0730. The number of amides is 1. The molecule has 1 saturated carbocycles. The zero-order valence-corrected chi connectivity index (χ0v) is 24.6. The molecule has 8 heteroatoms. The summed E-state index contributed by atoms with van der Waals surface area (Å²) in [6, 6.07) is 6.85. The third kappa shape index (κ3) is 5.48. The van der Waals surface area contributed by atoms with E-state index >= 15 is 0 Å². The van der Waals surface area contributed by atoms with Gasteiger partial charge >= 0.3 is 0 Å². The standard InChI is InChI=1S/C33H40N4O4/c1-33(2)16-23(12-13-37(33)32(40)21-8-6-5-7-9-21)27-19-36(3)31-29(27)30(41-4)26(18-35-31)15-28(39)22-10-11-24(20-38)25(14-22)17-34/h10-11,14,18-19,21,23,38H,5-9,12-13,15-16,20H2,1-4H3/t23-/m1/s1. The van der Waals surface area contributed by atoms with Crippen molar-refractivity contribution in [2.75, 3.05) is 13.7 Å². The molecule has 2 aliphatic rings. The highest BCUT2D eigenvalue weighted by molar-refractivity contribution is 5.99. The van der Waals surface area contributed by atoms with Crippen molar-refractivity contribution in [1.29, 1.82) is 5.26 Å². The molecule has 0 bridgehead atoms. The number of nitriles is 1. The first-order chi connectivity index (χ1) is 19.7. The van der Waals surface area contributed by atoms with Crippen LogP contribution in [0.2, 0.25) is 0 Å². The van der Waals surface area contributed by atoms with Crippen molar-refractivity contribution in [2.24, 2.45) is 13.0 Å². The maximum Gasteiger partial charge on any atom is 0.226 e. The summed E-state index contributed by atoms with van der Waals surface area (Å²) < 4.78 is 7.97. The molecule has 1 aromatic carbocycles. The van der Waals surface area contributed by atoms with Gasteiger partial charge in [0.25, 0.3) is 0 Å². The molecule has 1 saturated heterocycles. The van der Waals surface area contributed by atoms with E-state index < -0.39 is 0 Å². The van der Waals surface area contributed by atoms with Crippen LogP contribution in [-0.4, -0.2) is 50.4 Å². The van der Waals surface area contributed by atoms with Crippen LogP contribution >= 0.6 is 0 Å². The van der Waals surface area contributed by atoms with E-state index in [1.54, 1.807) is 25.4 Å². The summed E-state index contributed by atoms with van der Waals surface area (Å²) in [5, 5.41) is 19.8. The van der Waals surface area contributed by atoms with Crippen molar-refractivity contribution in [2.45, 2.75) is 83.3 Å². The number of rotatable bonds is 7. The zero-order chi connectivity index (χ0) is 29.3. The summed E-state index contributed by atoms with van der Waals surface area (Å²) in [5.74, 6) is 1.18. The number of carbonyl (C=O) groups is 2. The second kappa shape index (κ2) is 11.7. The van der Waals surface area contributed by atoms with E-state index in [0.29, 0.717) is 33.9 Å². The molecule has 1 N–H and O–H groups in total. The number of hydrogen-bond acceptors (Lipinski definition) is 6. The fourth-order valence-corrected chi connectivity index (χ4v) is 6.97. The number of piperidine rings is 1. The third-order valence-corrected chi connectivity index (χ3v) is 9.16. The summed E-state index contributed by atoms with van der Waals surface area (Å²) in [4.78, 5) is 33.7. The maximum atomic E-state index is 13.5. The van der Waals surface area contributed by atoms with Crippen molar-refractivity contribution in [3.8, 4) is 11.8 Å². The molecule has 1 aliphatic heterocycles. The normalized spacial score (nSPS) is 19.2. The number of carbonyl (C=O) groups excluding carboxylic acids is 2. The number of nitrogens with zero attached hydrogens (tertiary/aromatic N) is 4. The minimum Gasteiger partial charge on any atom is -0.496 e. The molecule has 41 heavy (non-hydrogen) atoms. The lowest BCUT2D eigenvalue weighted by atomic mass is 9.77. The Kier molecular flexibility index (Phi) is 8.19. The van der Waals surface area contributed by atoms with Crippen molar-refractivity contribution >= 4 is 22.7 Å². The lowest BCUT2D eigenvalue weighted by Gasteiger charge is -2.47. The first-order valence-electron chi connectivity index (χ1n) is 14.7. The number of likely N-dealkylation sites (tertiary alicyclic amines) is 1. The number of pyridine rings is 1. The molecular weight excluding hydrogens is 516 g/mol. The number of fused-ring (bicyclic) bond motifs is 1. The predicted molar refractivity (Wildman–Crippen MR) is 157 cm³/mol. The number of ketones is 1. The molecule has 0 unspecified atom stereocenters. The Balaban J connectivity index is 1.44. The van der Waals surface area contributed by atoms with Gasteiger partial charge in [0.2, 0.25) is 5.91 Å². The van der Waals surface area contributed by atoms with Crippen LogP contribution < -0.4 is 4.74 Å². The number of aromatic nitrogens is 2. The molecule has 5 rings (SSSR count). The fraction of sp³-hybridized carbons (Fsp3) is 0.515. The number of methoxy groups -OCH3 is 1. The number of aryl methyl sites for hydroxylation is 1. The third-order valence-electron chi connectivity index (χ3n) is 9.16. The van der Waals surface area contributed by atoms with E-state index in [-0.39, 0.29) is 36.2 Å². The smallest absolute Gasteiger partial charge is 0.226 e. The van der Waals surface area contributed by atoms with Crippen molar-refractivity contribution in [3.05, 3.63) is 58.4 Å². The average Bonchev–Trinajstić information content (AvgIpc) is 3.32. The second-order valence-electron chi connectivity index (χ2n) is 12.3. The number of aliphatic hydroxyl groups is 1. The van der Waals surface area contributed by atoms with Crippen LogP contribution in [0, 0.1) is 17.2 Å². The number of ether oxygens (including phenoxy) is 1. The summed E-state index contributed by atoms with van der Waals surface area (Å²) in [6.07, 6.45) is 11.1. The van der Waals surface area contributed by atoms with Crippen LogP contribution in [0.5, 0.6) is 5.75 Å². The highest BCUT2D eigenvalue weighted by atomic mass is 16.5. The number of benzene rings is 1. The molecule has 0 spiro atoms. The largest absolute Gasteiger partial charge is 0.496 e. The summed E-state index contributed by atoms with van der Waals surface area (Å²) >= 11 is 0. The van der Waals surface area contributed by atoms with E-state index in [4.69, 9.17) is 9.72 Å². The van der Waals surface area contributed by atoms with E-state index in [1.165, 1.54) is 12.5 Å². The molecule has 2 fully saturated rings. The molecule has 2 aromatic heterocycles. The van der Waals surface area contributed by atoms with E-state index in [2.05, 4.69) is 31.0 Å². The summed E-state index contributed by atoms with van der Waals surface area (Å²) in [5.41, 5.74) is 3.54. The van der Waals surface area contributed by atoms with Gasteiger partial charge in [-0.2, -0.15) is 5.26 Å². The Morgan fingerprint density at radius 2 is 1.93 bits per heavy atom. The Bertz CT molecular complexity index is 1510. The summed E-state index contributed by atoms with van der Waals surface area (Å²) in [7, 11) is 3.60.